The zero-order valence-corrected chi connectivity index (χ0v) is 16.1. The van der Waals surface area contributed by atoms with Crippen LogP contribution in [0.4, 0.5) is 0 Å². The fourth-order valence-electron chi connectivity index (χ4n) is 2.39. The molecular formula is C19H22BrNO4. The molecule has 0 aromatic heterocycles. The van der Waals surface area contributed by atoms with Gasteiger partial charge in [0.2, 0.25) is 0 Å². The standard InChI is InChI=1S/C19H22BrNO4/c1-4-15(21-25-19(22)13-8-6-5-7-9-13)10-14-11-18(24-3)16(20)12-17(14)23-2/h5-9,11-12,15,21H,4,10H2,1-3H3. The van der Waals surface area contributed by atoms with Gasteiger partial charge in [0.25, 0.3) is 0 Å². The van der Waals surface area contributed by atoms with Gasteiger partial charge in [0.15, 0.2) is 0 Å². The Kier molecular flexibility index (Phi) is 7.28. The van der Waals surface area contributed by atoms with Crippen LogP contribution in [0.5, 0.6) is 11.5 Å². The molecule has 0 spiro atoms. The lowest BCUT2D eigenvalue weighted by molar-refractivity contribution is 0.0149. The highest BCUT2D eigenvalue weighted by Crippen LogP contribution is 2.33. The summed E-state index contributed by atoms with van der Waals surface area (Å²) in [4.78, 5) is 17.3. The molecule has 1 atom stereocenters. The second-order valence-corrected chi connectivity index (χ2v) is 6.34. The second-order valence-electron chi connectivity index (χ2n) is 5.48. The van der Waals surface area contributed by atoms with Gasteiger partial charge in [0.05, 0.1) is 24.3 Å². The topological polar surface area (TPSA) is 56.8 Å². The minimum atomic E-state index is -0.403. The summed E-state index contributed by atoms with van der Waals surface area (Å²) in [5.41, 5.74) is 4.34. The van der Waals surface area contributed by atoms with E-state index in [2.05, 4.69) is 21.4 Å². The fourth-order valence-corrected chi connectivity index (χ4v) is 2.87. The van der Waals surface area contributed by atoms with Gasteiger partial charge in [0, 0.05) is 6.04 Å². The van der Waals surface area contributed by atoms with Gasteiger partial charge in [-0.25, -0.2) is 4.79 Å². The monoisotopic (exact) mass is 407 g/mol. The van der Waals surface area contributed by atoms with Crippen molar-refractivity contribution in [3.05, 3.63) is 58.1 Å². The summed E-state index contributed by atoms with van der Waals surface area (Å²) in [5.74, 6) is 1.08. The van der Waals surface area contributed by atoms with Crippen LogP contribution in [0.15, 0.2) is 46.9 Å². The Hall–Kier alpha value is -2.05. The minimum Gasteiger partial charge on any atom is -0.496 e. The number of carbonyl (C=O) groups is 1. The number of methoxy groups -OCH3 is 2. The lowest BCUT2D eigenvalue weighted by atomic mass is 10.0. The summed E-state index contributed by atoms with van der Waals surface area (Å²) in [6.45, 7) is 2.02. The molecule has 1 unspecified atom stereocenters. The van der Waals surface area contributed by atoms with Crippen molar-refractivity contribution in [1.82, 2.24) is 5.48 Å². The molecule has 2 aromatic carbocycles. The third-order valence-electron chi connectivity index (χ3n) is 3.84. The number of halogens is 1. The van der Waals surface area contributed by atoms with Crippen LogP contribution in [0.25, 0.3) is 0 Å². The zero-order chi connectivity index (χ0) is 18.2. The maximum absolute atomic E-state index is 12.1. The first-order valence-electron chi connectivity index (χ1n) is 8.01. The van der Waals surface area contributed by atoms with E-state index in [9.17, 15) is 4.79 Å². The van der Waals surface area contributed by atoms with Gasteiger partial charge in [-0.15, -0.1) is 5.48 Å². The van der Waals surface area contributed by atoms with Crippen LogP contribution in [0, 0.1) is 0 Å². The number of rotatable bonds is 8. The van der Waals surface area contributed by atoms with Crippen LogP contribution < -0.4 is 15.0 Å². The van der Waals surface area contributed by atoms with Crippen molar-refractivity contribution >= 4 is 21.9 Å². The van der Waals surface area contributed by atoms with E-state index < -0.39 is 5.97 Å². The van der Waals surface area contributed by atoms with Crippen LogP contribution in [0.2, 0.25) is 0 Å². The van der Waals surface area contributed by atoms with Gasteiger partial charge in [-0.05, 0) is 58.6 Å². The highest BCUT2D eigenvalue weighted by Gasteiger charge is 2.16. The van der Waals surface area contributed by atoms with Crippen LogP contribution in [-0.4, -0.2) is 26.2 Å². The summed E-state index contributed by atoms with van der Waals surface area (Å²) < 4.78 is 11.6. The molecule has 0 aliphatic carbocycles. The molecule has 0 aliphatic rings. The number of hydrogen-bond acceptors (Lipinski definition) is 5. The van der Waals surface area contributed by atoms with Gasteiger partial charge >= 0.3 is 5.97 Å². The van der Waals surface area contributed by atoms with Crippen molar-refractivity contribution in [2.45, 2.75) is 25.8 Å². The maximum Gasteiger partial charge on any atom is 0.356 e. The Morgan fingerprint density at radius 2 is 1.80 bits per heavy atom. The van der Waals surface area contributed by atoms with E-state index in [4.69, 9.17) is 14.3 Å². The molecule has 0 saturated carbocycles. The summed E-state index contributed by atoms with van der Waals surface area (Å²) in [6, 6.07) is 12.6. The second kappa shape index (κ2) is 9.44. The van der Waals surface area contributed by atoms with E-state index >= 15 is 0 Å². The van der Waals surface area contributed by atoms with E-state index in [-0.39, 0.29) is 6.04 Å². The molecule has 2 rings (SSSR count). The van der Waals surface area contributed by atoms with Crippen molar-refractivity contribution in [3.8, 4) is 11.5 Å². The van der Waals surface area contributed by atoms with Crippen LogP contribution in [0.3, 0.4) is 0 Å². The Morgan fingerprint density at radius 3 is 2.40 bits per heavy atom. The molecule has 0 radical (unpaired) electrons. The van der Waals surface area contributed by atoms with Gasteiger partial charge < -0.3 is 14.3 Å². The first-order chi connectivity index (χ1) is 12.1. The largest absolute Gasteiger partial charge is 0.496 e. The molecular weight excluding hydrogens is 386 g/mol. The van der Waals surface area contributed by atoms with E-state index in [1.54, 1.807) is 38.5 Å². The lowest BCUT2D eigenvalue weighted by Gasteiger charge is -2.19. The van der Waals surface area contributed by atoms with E-state index in [0.717, 1.165) is 28.0 Å². The van der Waals surface area contributed by atoms with Crippen LogP contribution in [-0.2, 0) is 11.3 Å². The number of hydrogen-bond donors (Lipinski definition) is 1. The van der Waals surface area contributed by atoms with E-state index in [0.29, 0.717) is 12.0 Å². The summed E-state index contributed by atoms with van der Waals surface area (Å²) >= 11 is 3.45. The number of ether oxygens (including phenoxy) is 2. The van der Waals surface area contributed by atoms with Crippen molar-refractivity contribution in [3.63, 3.8) is 0 Å². The third kappa shape index (κ3) is 5.21. The van der Waals surface area contributed by atoms with Crippen molar-refractivity contribution in [2.75, 3.05) is 14.2 Å². The molecule has 0 saturated heterocycles. The molecule has 0 heterocycles. The molecule has 0 amide bonds. The molecule has 1 N–H and O–H groups in total. The number of benzene rings is 2. The highest BCUT2D eigenvalue weighted by molar-refractivity contribution is 9.10. The summed E-state index contributed by atoms with van der Waals surface area (Å²) in [7, 11) is 3.25. The summed E-state index contributed by atoms with van der Waals surface area (Å²) in [5, 5.41) is 0. The average molecular weight is 408 g/mol. The molecule has 0 aliphatic heterocycles. The van der Waals surface area contributed by atoms with Gasteiger partial charge in [-0.1, -0.05) is 25.1 Å². The van der Waals surface area contributed by atoms with Crippen molar-refractivity contribution < 1.29 is 19.1 Å². The van der Waals surface area contributed by atoms with Gasteiger partial charge in [-0.3, -0.25) is 0 Å². The molecule has 2 aromatic rings. The quantitative estimate of drug-likeness (QED) is 0.666. The number of hydroxylamine groups is 1. The smallest absolute Gasteiger partial charge is 0.356 e. The minimum absolute atomic E-state index is 0.0487. The third-order valence-corrected chi connectivity index (χ3v) is 4.46. The van der Waals surface area contributed by atoms with E-state index in [1.807, 2.05) is 25.1 Å². The van der Waals surface area contributed by atoms with E-state index in [1.165, 1.54) is 0 Å². The Morgan fingerprint density at radius 1 is 1.12 bits per heavy atom. The molecule has 0 fully saturated rings. The number of nitrogens with one attached hydrogen (secondary N) is 1. The van der Waals surface area contributed by atoms with Crippen LogP contribution >= 0.6 is 15.9 Å². The molecule has 134 valence electrons. The number of carbonyl (C=O) groups excluding carboxylic acids is 1. The normalized spacial score (nSPS) is 11.7. The SMILES string of the molecule is CCC(Cc1cc(OC)c(Br)cc1OC)NOC(=O)c1ccccc1. The first-order valence-corrected chi connectivity index (χ1v) is 8.80. The van der Waals surface area contributed by atoms with Crippen LogP contribution in [0.1, 0.15) is 29.3 Å². The summed E-state index contributed by atoms with van der Waals surface area (Å²) in [6.07, 6.45) is 1.41. The Bertz CT molecular complexity index is 706. The highest BCUT2D eigenvalue weighted by atomic mass is 79.9. The van der Waals surface area contributed by atoms with Crippen molar-refractivity contribution in [2.24, 2.45) is 0 Å². The molecule has 0 bridgehead atoms. The van der Waals surface area contributed by atoms with Gasteiger partial charge in [0.1, 0.15) is 11.5 Å². The van der Waals surface area contributed by atoms with Crippen molar-refractivity contribution in [1.29, 1.82) is 0 Å². The Labute approximate surface area is 156 Å². The maximum atomic E-state index is 12.1. The molecule has 25 heavy (non-hydrogen) atoms. The first kappa shape index (κ1) is 19.3. The predicted octanol–water partition coefficient (Wildman–Crippen LogP) is 4.15. The zero-order valence-electron chi connectivity index (χ0n) is 14.5. The average Bonchev–Trinajstić information content (AvgIpc) is 2.66. The van der Waals surface area contributed by atoms with Gasteiger partial charge in [-0.2, -0.15) is 0 Å². The molecule has 6 heteroatoms. The molecule has 5 nitrogen and oxygen atoms in total. The predicted molar refractivity (Wildman–Crippen MR) is 100 cm³/mol. The lowest BCUT2D eigenvalue weighted by Crippen LogP contribution is -2.33. The Balaban J connectivity index is 2.05. The fraction of sp³-hybridized carbons (Fsp3) is 0.316.